The van der Waals surface area contributed by atoms with Gasteiger partial charge in [0.05, 0.1) is 25.4 Å². The third kappa shape index (κ3) is 4.06. The lowest BCUT2D eigenvalue weighted by atomic mass is 10.0. The fourth-order valence-electron chi connectivity index (χ4n) is 4.63. The van der Waals surface area contributed by atoms with Crippen LogP contribution >= 0.6 is 0 Å². The molecule has 35 heavy (non-hydrogen) atoms. The number of aromatic nitrogens is 5. The standard InChI is InChI=1S/C27H27N5O3/c1-18(2)16-31-25-23(26(34)30(14-15-33)27(31)35)24(20-10-12-28-13-11-20)32(29-25)17-21-8-5-7-19-6-3-4-9-22(19)21/h3-13,18,33H,14-17H2,1-2H3. The molecule has 3 aromatic heterocycles. The minimum absolute atomic E-state index is 0.0734. The van der Waals surface area contributed by atoms with Crippen LogP contribution in [-0.4, -0.2) is 35.6 Å². The number of pyridine rings is 1. The smallest absolute Gasteiger partial charge is 0.332 e. The number of hydrogen-bond acceptors (Lipinski definition) is 5. The van der Waals surface area contributed by atoms with Gasteiger partial charge in [0.1, 0.15) is 5.39 Å². The first kappa shape index (κ1) is 22.7. The molecule has 0 aliphatic carbocycles. The van der Waals surface area contributed by atoms with Crippen molar-refractivity contribution >= 4 is 21.8 Å². The van der Waals surface area contributed by atoms with E-state index in [0.717, 1.165) is 26.5 Å². The lowest BCUT2D eigenvalue weighted by molar-refractivity contribution is 0.270. The van der Waals surface area contributed by atoms with Crippen molar-refractivity contribution in [3.8, 4) is 11.3 Å². The van der Waals surface area contributed by atoms with E-state index >= 15 is 0 Å². The zero-order valence-electron chi connectivity index (χ0n) is 19.8. The highest BCUT2D eigenvalue weighted by Crippen LogP contribution is 2.28. The average Bonchev–Trinajstić information content (AvgIpc) is 3.24. The second-order valence-electron chi connectivity index (χ2n) is 9.05. The van der Waals surface area contributed by atoms with Crippen LogP contribution in [0.1, 0.15) is 19.4 Å². The Morgan fingerprint density at radius 3 is 2.43 bits per heavy atom. The van der Waals surface area contributed by atoms with Gasteiger partial charge in [-0.05, 0) is 34.4 Å². The minimum Gasteiger partial charge on any atom is -0.395 e. The zero-order valence-corrected chi connectivity index (χ0v) is 19.8. The van der Waals surface area contributed by atoms with Crippen LogP contribution in [0.25, 0.3) is 33.1 Å². The molecular weight excluding hydrogens is 442 g/mol. The van der Waals surface area contributed by atoms with Gasteiger partial charge in [-0.3, -0.25) is 23.6 Å². The van der Waals surface area contributed by atoms with Crippen LogP contribution in [0.4, 0.5) is 0 Å². The molecule has 0 saturated heterocycles. The first-order valence-electron chi connectivity index (χ1n) is 11.7. The predicted octanol–water partition coefficient (Wildman–Crippen LogP) is 3.27. The van der Waals surface area contributed by atoms with Crippen LogP contribution in [-0.2, 0) is 19.6 Å². The van der Waals surface area contributed by atoms with E-state index in [1.54, 1.807) is 17.0 Å². The van der Waals surface area contributed by atoms with Gasteiger partial charge >= 0.3 is 5.69 Å². The van der Waals surface area contributed by atoms with E-state index < -0.39 is 11.2 Å². The molecule has 0 bridgehead atoms. The van der Waals surface area contributed by atoms with Gasteiger partial charge in [-0.2, -0.15) is 5.10 Å². The Labute approximate surface area is 201 Å². The van der Waals surface area contributed by atoms with Crippen molar-refractivity contribution in [2.24, 2.45) is 5.92 Å². The molecule has 0 fully saturated rings. The summed E-state index contributed by atoms with van der Waals surface area (Å²) in [6.07, 6.45) is 3.35. The minimum atomic E-state index is -0.457. The summed E-state index contributed by atoms with van der Waals surface area (Å²) in [6.45, 7) is 4.46. The SMILES string of the molecule is CC(C)Cn1c(=O)n(CCO)c(=O)c2c(-c3ccncc3)n(Cc3cccc4ccccc34)nc21. The molecule has 178 valence electrons. The van der Waals surface area contributed by atoms with Gasteiger partial charge in [0.2, 0.25) is 0 Å². The lowest BCUT2D eigenvalue weighted by Gasteiger charge is -2.12. The number of nitrogens with zero attached hydrogens (tertiary/aromatic N) is 5. The maximum Gasteiger partial charge on any atom is 0.332 e. The molecule has 0 atom stereocenters. The second kappa shape index (κ2) is 9.31. The van der Waals surface area contributed by atoms with Crippen LogP contribution in [0, 0.1) is 5.92 Å². The summed E-state index contributed by atoms with van der Waals surface area (Å²) in [7, 11) is 0. The normalized spacial score (nSPS) is 11.7. The molecule has 5 aromatic rings. The molecule has 0 unspecified atom stereocenters. The fourth-order valence-corrected chi connectivity index (χ4v) is 4.63. The van der Waals surface area contributed by atoms with E-state index in [1.165, 1.54) is 0 Å². The summed E-state index contributed by atoms with van der Waals surface area (Å²) < 4.78 is 4.48. The van der Waals surface area contributed by atoms with Gasteiger partial charge in [-0.25, -0.2) is 4.79 Å². The summed E-state index contributed by atoms with van der Waals surface area (Å²) in [4.78, 5) is 31.0. The topological polar surface area (TPSA) is 94.9 Å². The molecule has 5 rings (SSSR count). The number of benzene rings is 2. The van der Waals surface area contributed by atoms with E-state index in [2.05, 4.69) is 29.2 Å². The summed E-state index contributed by atoms with van der Waals surface area (Å²) in [5.41, 5.74) is 1.92. The fraction of sp³-hybridized carbons (Fsp3) is 0.259. The van der Waals surface area contributed by atoms with Crippen molar-refractivity contribution in [1.29, 1.82) is 0 Å². The molecule has 0 saturated carbocycles. The third-order valence-electron chi connectivity index (χ3n) is 6.14. The zero-order chi connectivity index (χ0) is 24.5. The van der Waals surface area contributed by atoms with E-state index in [-0.39, 0.29) is 19.1 Å². The highest BCUT2D eigenvalue weighted by molar-refractivity contribution is 5.91. The Balaban J connectivity index is 1.85. The quantitative estimate of drug-likeness (QED) is 0.395. The Morgan fingerprint density at radius 1 is 0.943 bits per heavy atom. The first-order chi connectivity index (χ1) is 17.0. The average molecular weight is 470 g/mol. The van der Waals surface area contributed by atoms with E-state index in [0.29, 0.717) is 29.8 Å². The Bertz CT molecular complexity index is 1630. The summed E-state index contributed by atoms with van der Waals surface area (Å²) in [5, 5.41) is 17.0. The van der Waals surface area contributed by atoms with Crippen molar-refractivity contribution < 1.29 is 5.11 Å². The number of aliphatic hydroxyl groups is 1. The van der Waals surface area contributed by atoms with Gasteiger partial charge in [0, 0.05) is 24.5 Å². The molecule has 0 aliphatic rings. The van der Waals surface area contributed by atoms with Gasteiger partial charge in [0.15, 0.2) is 5.65 Å². The number of fused-ring (bicyclic) bond motifs is 2. The van der Waals surface area contributed by atoms with Crippen molar-refractivity contribution in [3.05, 3.63) is 93.4 Å². The first-order valence-corrected chi connectivity index (χ1v) is 11.7. The summed E-state index contributed by atoms with van der Waals surface area (Å²) in [6, 6.07) is 17.9. The molecule has 1 N–H and O–H groups in total. The maximum atomic E-state index is 13.6. The molecule has 8 nitrogen and oxygen atoms in total. The largest absolute Gasteiger partial charge is 0.395 e. The van der Waals surface area contributed by atoms with Crippen molar-refractivity contribution in [1.82, 2.24) is 23.9 Å². The van der Waals surface area contributed by atoms with Gasteiger partial charge < -0.3 is 5.11 Å². The maximum absolute atomic E-state index is 13.6. The molecule has 8 heteroatoms. The third-order valence-corrected chi connectivity index (χ3v) is 6.14. The number of rotatable bonds is 7. The van der Waals surface area contributed by atoms with Crippen molar-refractivity contribution in [2.75, 3.05) is 6.61 Å². The highest BCUT2D eigenvalue weighted by atomic mass is 16.3. The Morgan fingerprint density at radius 2 is 1.69 bits per heavy atom. The molecule has 3 heterocycles. The monoisotopic (exact) mass is 469 g/mol. The summed E-state index contributed by atoms with van der Waals surface area (Å²) in [5.74, 6) is 0.156. The molecular formula is C27H27N5O3. The van der Waals surface area contributed by atoms with Crippen LogP contribution < -0.4 is 11.2 Å². The van der Waals surface area contributed by atoms with E-state index in [1.807, 2.05) is 48.9 Å². The van der Waals surface area contributed by atoms with Gasteiger partial charge in [-0.15, -0.1) is 0 Å². The molecule has 0 amide bonds. The van der Waals surface area contributed by atoms with Crippen LogP contribution in [0.15, 0.2) is 76.6 Å². The van der Waals surface area contributed by atoms with Crippen molar-refractivity contribution in [2.45, 2.75) is 33.5 Å². The molecule has 0 spiro atoms. The Kier molecular flexibility index (Phi) is 6.05. The predicted molar refractivity (Wildman–Crippen MR) is 136 cm³/mol. The van der Waals surface area contributed by atoms with E-state index in [9.17, 15) is 14.7 Å². The number of hydrogen-bond donors (Lipinski definition) is 1. The number of aliphatic hydroxyl groups excluding tert-OH is 1. The highest BCUT2D eigenvalue weighted by Gasteiger charge is 2.24. The van der Waals surface area contributed by atoms with E-state index in [4.69, 9.17) is 5.10 Å². The molecule has 2 aromatic carbocycles. The van der Waals surface area contributed by atoms with Crippen LogP contribution in [0.5, 0.6) is 0 Å². The van der Waals surface area contributed by atoms with Gasteiger partial charge in [-0.1, -0.05) is 56.3 Å². The lowest BCUT2D eigenvalue weighted by Crippen LogP contribution is -2.41. The summed E-state index contributed by atoms with van der Waals surface area (Å²) >= 11 is 0. The Hall–Kier alpha value is -4.04. The van der Waals surface area contributed by atoms with Crippen LogP contribution in [0.3, 0.4) is 0 Å². The van der Waals surface area contributed by atoms with Gasteiger partial charge in [0.25, 0.3) is 5.56 Å². The van der Waals surface area contributed by atoms with Crippen molar-refractivity contribution in [3.63, 3.8) is 0 Å². The van der Waals surface area contributed by atoms with Crippen LogP contribution in [0.2, 0.25) is 0 Å². The second-order valence-corrected chi connectivity index (χ2v) is 9.05. The molecule has 0 aliphatic heterocycles. The molecule has 0 radical (unpaired) electrons.